The minimum Gasteiger partial charge on any atom is -0.493 e. The summed E-state index contributed by atoms with van der Waals surface area (Å²) in [6.07, 6.45) is 8.49. The first kappa shape index (κ1) is 14.4. The predicted octanol–water partition coefficient (Wildman–Crippen LogP) is 3.09. The monoisotopic (exact) mass is 298 g/mol. The fourth-order valence-electron chi connectivity index (χ4n) is 2.78. The third-order valence-corrected chi connectivity index (χ3v) is 3.84. The van der Waals surface area contributed by atoms with Crippen molar-refractivity contribution in [3.63, 3.8) is 0 Å². The average molecular weight is 298 g/mol. The maximum Gasteiger partial charge on any atom is 0.260 e. The van der Waals surface area contributed by atoms with Gasteiger partial charge in [0.25, 0.3) is 5.91 Å². The van der Waals surface area contributed by atoms with Crippen LogP contribution in [-0.4, -0.2) is 37.3 Å². The molecule has 1 atom stereocenters. The van der Waals surface area contributed by atoms with Crippen molar-refractivity contribution >= 4 is 17.8 Å². The summed E-state index contributed by atoms with van der Waals surface area (Å²) < 4.78 is 10.6. The zero-order valence-electron chi connectivity index (χ0n) is 12.9. The number of rotatable bonds is 3. The fourth-order valence-corrected chi connectivity index (χ4v) is 2.78. The average Bonchev–Trinajstić information content (AvgIpc) is 2.89. The number of fused-ring (bicyclic) bond motifs is 2. The van der Waals surface area contributed by atoms with Crippen molar-refractivity contribution in [1.82, 2.24) is 4.90 Å². The second-order valence-electron chi connectivity index (χ2n) is 5.19. The summed E-state index contributed by atoms with van der Waals surface area (Å²) in [5, 5.41) is 0. The Labute approximate surface area is 129 Å². The highest BCUT2D eigenvalue weighted by molar-refractivity contribution is 6.04. The largest absolute Gasteiger partial charge is 0.493 e. The lowest BCUT2D eigenvalue weighted by Crippen LogP contribution is -2.32. The van der Waals surface area contributed by atoms with Gasteiger partial charge in [0.2, 0.25) is 0 Å². The molecule has 0 N–H and O–H groups in total. The van der Waals surface area contributed by atoms with Crippen LogP contribution in [0.1, 0.15) is 23.7 Å². The standard InChI is InChI=1S/C17H18N2O3/c1-4-5-11-6-12-9-18-14-8-16(22-3)15(21-2)7-13(14)17(20)19(12)10-11/h4-5,7-10,12H,6H2,1-3H3/b5-4+/t12-/m0/s1. The molecule has 114 valence electrons. The maximum atomic E-state index is 12.8. The van der Waals surface area contributed by atoms with Gasteiger partial charge in [0, 0.05) is 18.5 Å². The minimum atomic E-state index is -0.0713. The summed E-state index contributed by atoms with van der Waals surface area (Å²) in [5.41, 5.74) is 2.25. The van der Waals surface area contributed by atoms with Crippen molar-refractivity contribution in [1.29, 1.82) is 0 Å². The molecule has 5 nitrogen and oxygen atoms in total. The number of hydrogen-bond acceptors (Lipinski definition) is 4. The van der Waals surface area contributed by atoms with Crippen LogP contribution in [0, 0.1) is 0 Å². The number of methoxy groups -OCH3 is 2. The molecule has 2 heterocycles. The van der Waals surface area contributed by atoms with Gasteiger partial charge in [0.05, 0.1) is 31.5 Å². The molecule has 0 saturated carbocycles. The van der Waals surface area contributed by atoms with Crippen LogP contribution in [-0.2, 0) is 0 Å². The van der Waals surface area contributed by atoms with Crippen LogP contribution in [0.2, 0.25) is 0 Å². The smallest absolute Gasteiger partial charge is 0.260 e. The van der Waals surface area contributed by atoms with Crippen molar-refractivity contribution in [2.75, 3.05) is 14.2 Å². The Bertz CT molecular complexity index is 704. The summed E-state index contributed by atoms with van der Waals surface area (Å²) >= 11 is 0. The number of aliphatic imine (C=N–C) groups is 1. The van der Waals surface area contributed by atoms with Crippen molar-refractivity contribution in [3.8, 4) is 11.5 Å². The van der Waals surface area contributed by atoms with Gasteiger partial charge in [-0.25, -0.2) is 0 Å². The van der Waals surface area contributed by atoms with Crippen LogP contribution < -0.4 is 9.47 Å². The molecule has 0 spiro atoms. The Morgan fingerprint density at radius 3 is 2.68 bits per heavy atom. The van der Waals surface area contributed by atoms with Gasteiger partial charge in [-0.05, 0) is 25.0 Å². The summed E-state index contributed by atoms with van der Waals surface area (Å²) in [6, 6.07) is 3.39. The van der Waals surface area contributed by atoms with Gasteiger partial charge < -0.3 is 14.4 Å². The molecule has 1 aromatic rings. The molecule has 1 aromatic carbocycles. The molecule has 2 aliphatic rings. The number of hydrogen-bond donors (Lipinski definition) is 0. The second-order valence-corrected chi connectivity index (χ2v) is 5.19. The molecule has 5 heteroatoms. The number of allylic oxidation sites excluding steroid dienone is 2. The van der Waals surface area contributed by atoms with Crippen LogP contribution in [0.4, 0.5) is 5.69 Å². The molecule has 3 rings (SSSR count). The van der Waals surface area contributed by atoms with E-state index in [-0.39, 0.29) is 11.9 Å². The molecule has 1 amide bonds. The Morgan fingerprint density at radius 1 is 1.27 bits per heavy atom. The van der Waals surface area contributed by atoms with Gasteiger partial charge in [-0.2, -0.15) is 0 Å². The molecular weight excluding hydrogens is 280 g/mol. The van der Waals surface area contributed by atoms with Crippen LogP contribution in [0.15, 0.2) is 41.1 Å². The van der Waals surface area contributed by atoms with Gasteiger partial charge >= 0.3 is 0 Å². The lowest BCUT2D eigenvalue weighted by atomic mass is 10.1. The highest BCUT2D eigenvalue weighted by Crippen LogP contribution is 2.38. The maximum absolute atomic E-state index is 12.8. The number of nitrogens with zero attached hydrogens (tertiary/aromatic N) is 2. The molecule has 0 radical (unpaired) electrons. The lowest BCUT2D eigenvalue weighted by Gasteiger charge is -2.18. The van der Waals surface area contributed by atoms with Gasteiger partial charge in [0.1, 0.15) is 0 Å². The second kappa shape index (κ2) is 5.67. The van der Waals surface area contributed by atoms with E-state index in [9.17, 15) is 4.79 Å². The van der Waals surface area contributed by atoms with E-state index in [0.717, 1.165) is 12.0 Å². The van der Waals surface area contributed by atoms with Crippen LogP contribution >= 0.6 is 0 Å². The first-order valence-electron chi connectivity index (χ1n) is 7.14. The SMILES string of the molecule is C/C=C/C1=CN2C(=O)c3cc(OC)c(OC)cc3N=C[C@@H]2C1. The van der Waals surface area contributed by atoms with E-state index in [1.165, 1.54) is 0 Å². The number of amides is 1. The molecule has 0 aliphatic carbocycles. The number of carbonyl (C=O) groups is 1. The topological polar surface area (TPSA) is 51.1 Å². The molecular formula is C17H18N2O3. The molecule has 0 bridgehead atoms. The zero-order valence-corrected chi connectivity index (χ0v) is 12.9. The number of ether oxygens (including phenoxy) is 2. The Kier molecular flexibility index (Phi) is 3.71. The van der Waals surface area contributed by atoms with Crippen LogP contribution in [0.5, 0.6) is 11.5 Å². The van der Waals surface area contributed by atoms with Gasteiger partial charge in [0.15, 0.2) is 11.5 Å². The highest BCUT2D eigenvalue weighted by Gasteiger charge is 2.32. The van der Waals surface area contributed by atoms with Crippen LogP contribution in [0.3, 0.4) is 0 Å². The number of benzene rings is 1. The number of carbonyl (C=O) groups excluding carboxylic acids is 1. The first-order valence-corrected chi connectivity index (χ1v) is 7.14. The van der Waals surface area contributed by atoms with Gasteiger partial charge in [-0.3, -0.25) is 9.79 Å². The van der Waals surface area contributed by atoms with E-state index >= 15 is 0 Å². The van der Waals surface area contributed by atoms with E-state index in [1.807, 2.05) is 31.5 Å². The normalized spacial score (nSPS) is 19.8. The third kappa shape index (κ3) is 2.28. The first-order chi connectivity index (χ1) is 10.7. The molecule has 0 unspecified atom stereocenters. The van der Waals surface area contributed by atoms with Crippen molar-refractivity contribution in [3.05, 3.63) is 41.6 Å². The molecule has 0 fully saturated rings. The van der Waals surface area contributed by atoms with Gasteiger partial charge in [-0.1, -0.05) is 12.2 Å². The lowest BCUT2D eigenvalue weighted by molar-refractivity contribution is 0.0817. The Hall–Kier alpha value is -2.56. The summed E-state index contributed by atoms with van der Waals surface area (Å²) in [6.45, 7) is 1.97. The summed E-state index contributed by atoms with van der Waals surface area (Å²) in [7, 11) is 3.12. The third-order valence-electron chi connectivity index (χ3n) is 3.84. The quantitative estimate of drug-likeness (QED) is 0.861. The van der Waals surface area contributed by atoms with Gasteiger partial charge in [-0.15, -0.1) is 0 Å². The van der Waals surface area contributed by atoms with E-state index in [4.69, 9.17) is 9.47 Å². The van der Waals surface area contributed by atoms with E-state index in [0.29, 0.717) is 22.7 Å². The fraction of sp³-hybridized carbons (Fsp3) is 0.294. The summed E-state index contributed by atoms with van der Waals surface area (Å²) in [4.78, 5) is 19.0. The van der Waals surface area contributed by atoms with E-state index < -0.39 is 0 Å². The Balaban J connectivity index is 2.06. The predicted molar refractivity (Wildman–Crippen MR) is 85.2 cm³/mol. The highest BCUT2D eigenvalue weighted by atomic mass is 16.5. The molecule has 2 aliphatic heterocycles. The zero-order chi connectivity index (χ0) is 15.7. The van der Waals surface area contributed by atoms with Crippen molar-refractivity contribution in [2.45, 2.75) is 19.4 Å². The van der Waals surface area contributed by atoms with E-state index in [1.54, 1.807) is 31.3 Å². The van der Waals surface area contributed by atoms with E-state index in [2.05, 4.69) is 4.99 Å². The summed E-state index contributed by atoms with van der Waals surface area (Å²) in [5.74, 6) is 1.02. The van der Waals surface area contributed by atoms with Crippen molar-refractivity contribution in [2.24, 2.45) is 4.99 Å². The Morgan fingerprint density at radius 2 is 2.00 bits per heavy atom. The molecule has 0 saturated heterocycles. The van der Waals surface area contributed by atoms with Crippen molar-refractivity contribution < 1.29 is 14.3 Å². The minimum absolute atomic E-state index is 0.0388. The molecule has 0 aromatic heterocycles. The molecule has 22 heavy (non-hydrogen) atoms. The van der Waals surface area contributed by atoms with Crippen LogP contribution in [0.25, 0.3) is 0 Å².